The lowest BCUT2D eigenvalue weighted by Gasteiger charge is -2.10. The molecule has 0 spiro atoms. The molecule has 0 aliphatic rings. The van der Waals surface area contributed by atoms with Crippen molar-refractivity contribution in [2.24, 2.45) is 0 Å². The molecule has 0 heterocycles. The SMILES string of the molecule is Brc1ccccc1.CN(C)S(=O)[O-]. The molecule has 0 aliphatic carbocycles. The summed E-state index contributed by atoms with van der Waals surface area (Å²) in [6.45, 7) is 0. The van der Waals surface area contributed by atoms with Gasteiger partial charge >= 0.3 is 0 Å². The summed E-state index contributed by atoms with van der Waals surface area (Å²) in [4.78, 5) is 0. The van der Waals surface area contributed by atoms with Crippen molar-refractivity contribution in [1.29, 1.82) is 0 Å². The van der Waals surface area contributed by atoms with E-state index in [1.54, 1.807) is 0 Å². The Morgan fingerprint density at radius 2 is 1.69 bits per heavy atom. The van der Waals surface area contributed by atoms with Crippen LogP contribution in [0.2, 0.25) is 0 Å². The molecule has 0 saturated heterocycles. The van der Waals surface area contributed by atoms with Crippen LogP contribution in [0.4, 0.5) is 0 Å². The van der Waals surface area contributed by atoms with Gasteiger partial charge in [0.05, 0.1) is 0 Å². The highest BCUT2D eigenvalue weighted by atomic mass is 79.9. The van der Waals surface area contributed by atoms with E-state index < -0.39 is 11.3 Å². The highest BCUT2D eigenvalue weighted by molar-refractivity contribution is 9.10. The van der Waals surface area contributed by atoms with Crippen molar-refractivity contribution in [3.63, 3.8) is 0 Å². The average Bonchev–Trinajstić information content (AvgIpc) is 2.06. The maximum atomic E-state index is 9.62. The first-order valence-electron chi connectivity index (χ1n) is 3.51. The summed E-state index contributed by atoms with van der Waals surface area (Å²) in [6.07, 6.45) is 0. The topological polar surface area (TPSA) is 43.4 Å². The zero-order chi connectivity index (χ0) is 10.3. The summed E-state index contributed by atoms with van der Waals surface area (Å²) < 4.78 is 21.5. The normalized spacial score (nSPS) is 11.8. The molecule has 1 rings (SSSR count). The van der Waals surface area contributed by atoms with Crippen LogP contribution in [0.5, 0.6) is 0 Å². The number of halogens is 1. The van der Waals surface area contributed by atoms with Crippen molar-refractivity contribution < 1.29 is 8.76 Å². The second-order valence-corrected chi connectivity index (χ2v) is 4.41. The molecule has 0 aliphatic heterocycles. The summed E-state index contributed by atoms with van der Waals surface area (Å²) in [5, 5.41) is 0. The van der Waals surface area contributed by atoms with Crippen LogP contribution < -0.4 is 0 Å². The quantitative estimate of drug-likeness (QED) is 0.726. The molecule has 1 unspecified atom stereocenters. The van der Waals surface area contributed by atoms with E-state index in [1.165, 1.54) is 14.1 Å². The van der Waals surface area contributed by atoms with Gasteiger partial charge in [0.2, 0.25) is 0 Å². The van der Waals surface area contributed by atoms with Crippen LogP contribution in [0.25, 0.3) is 0 Å². The van der Waals surface area contributed by atoms with Gasteiger partial charge in [-0.1, -0.05) is 34.1 Å². The van der Waals surface area contributed by atoms with Gasteiger partial charge < -0.3 is 4.55 Å². The molecule has 0 fully saturated rings. The first kappa shape index (κ1) is 12.8. The predicted octanol–water partition coefficient (Wildman–Crippen LogP) is 1.79. The third kappa shape index (κ3) is 8.11. The van der Waals surface area contributed by atoms with Crippen LogP contribution in [-0.2, 0) is 11.3 Å². The molecule has 0 aromatic heterocycles. The molecule has 0 amide bonds. The number of hydrogen-bond acceptors (Lipinski definition) is 2. The minimum Gasteiger partial charge on any atom is -0.760 e. The maximum Gasteiger partial charge on any atom is 0.0203 e. The minimum atomic E-state index is -2.03. The molecule has 1 atom stereocenters. The Morgan fingerprint density at radius 3 is 1.85 bits per heavy atom. The predicted molar refractivity (Wildman–Crippen MR) is 56.7 cm³/mol. The smallest absolute Gasteiger partial charge is 0.0203 e. The van der Waals surface area contributed by atoms with Gasteiger partial charge in [-0.2, -0.15) is 0 Å². The van der Waals surface area contributed by atoms with Crippen molar-refractivity contribution >= 4 is 27.2 Å². The van der Waals surface area contributed by atoms with Crippen molar-refractivity contribution in [2.45, 2.75) is 0 Å². The van der Waals surface area contributed by atoms with E-state index in [-0.39, 0.29) is 0 Å². The molecule has 5 heteroatoms. The van der Waals surface area contributed by atoms with Crippen LogP contribution in [0.15, 0.2) is 34.8 Å². The summed E-state index contributed by atoms with van der Waals surface area (Å²) >= 11 is 1.28. The zero-order valence-corrected chi connectivity index (χ0v) is 9.84. The first-order chi connectivity index (χ1) is 6.04. The van der Waals surface area contributed by atoms with E-state index in [0.29, 0.717) is 0 Å². The summed E-state index contributed by atoms with van der Waals surface area (Å²) in [7, 11) is 2.92. The molecule has 0 radical (unpaired) electrons. The third-order valence-electron chi connectivity index (χ3n) is 1.03. The Morgan fingerprint density at radius 1 is 1.31 bits per heavy atom. The largest absolute Gasteiger partial charge is 0.760 e. The van der Waals surface area contributed by atoms with E-state index in [0.717, 1.165) is 8.78 Å². The Bertz CT molecular complexity index is 254. The molecule has 0 N–H and O–H groups in total. The van der Waals surface area contributed by atoms with Crippen molar-refractivity contribution in [3.8, 4) is 0 Å². The van der Waals surface area contributed by atoms with E-state index in [9.17, 15) is 8.76 Å². The lowest BCUT2D eigenvalue weighted by molar-refractivity contribution is 0.470. The third-order valence-corrected chi connectivity index (χ3v) is 2.16. The van der Waals surface area contributed by atoms with Gasteiger partial charge in [-0.25, -0.2) is 4.31 Å². The number of hydrogen-bond donors (Lipinski definition) is 0. The zero-order valence-electron chi connectivity index (χ0n) is 7.44. The van der Waals surface area contributed by atoms with Crippen molar-refractivity contribution in [2.75, 3.05) is 14.1 Å². The second kappa shape index (κ2) is 7.20. The summed E-state index contributed by atoms with van der Waals surface area (Å²) in [6, 6.07) is 9.97. The fourth-order valence-electron chi connectivity index (χ4n) is 0.415. The van der Waals surface area contributed by atoms with Crippen LogP contribution in [-0.4, -0.2) is 27.2 Å². The number of rotatable bonds is 1. The van der Waals surface area contributed by atoms with Crippen molar-refractivity contribution in [1.82, 2.24) is 4.31 Å². The minimum absolute atomic E-state index is 1.08. The maximum absolute atomic E-state index is 9.62. The fourth-order valence-corrected chi connectivity index (χ4v) is 0.720. The fraction of sp³-hybridized carbons (Fsp3) is 0.250. The Balaban J connectivity index is 0.000000226. The van der Waals surface area contributed by atoms with Crippen molar-refractivity contribution in [3.05, 3.63) is 34.8 Å². The second-order valence-electron chi connectivity index (χ2n) is 2.33. The summed E-state index contributed by atoms with van der Waals surface area (Å²) in [5.41, 5.74) is 0. The van der Waals surface area contributed by atoms with Crippen LogP contribution in [0.3, 0.4) is 0 Å². The Hall–Kier alpha value is -0.230. The van der Waals surface area contributed by atoms with Gasteiger partial charge in [-0.3, -0.25) is 4.21 Å². The Kier molecular flexibility index (Phi) is 7.07. The standard InChI is InChI=1S/C6H5Br.C2H7NO2S/c7-6-4-2-1-3-5-6;1-3(2)6(4)5/h1-5H;1-2H3,(H,4,5)/p-1. The average molecular weight is 265 g/mol. The van der Waals surface area contributed by atoms with E-state index >= 15 is 0 Å². The van der Waals surface area contributed by atoms with Gasteiger partial charge in [0.15, 0.2) is 0 Å². The molecule has 1 aromatic rings. The molecule has 13 heavy (non-hydrogen) atoms. The molecule has 1 aromatic carbocycles. The van der Waals surface area contributed by atoms with Crippen LogP contribution >= 0.6 is 15.9 Å². The molecule has 3 nitrogen and oxygen atoms in total. The molecule has 0 saturated carbocycles. The monoisotopic (exact) mass is 264 g/mol. The van der Waals surface area contributed by atoms with Crippen LogP contribution in [0, 0.1) is 0 Å². The molecule has 0 bridgehead atoms. The van der Waals surface area contributed by atoms with Gasteiger partial charge in [0.1, 0.15) is 0 Å². The highest BCUT2D eigenvalue weighted by Crippen LogP contribution is 2.05. The highest BCUT2D eigenvalue weighted by Gasteiger charge is 1.78. The molecule has 74 valence electrons. The molecular weight excluding hydrogens is 254 g/mol. The van der Waals surface area contributed by atoms with Gasteiger partial charge in [0, 0.05) is 15.7 Å². The van der Waals surface area contributed by atoms with E-state index in [1.807, 2.05) is 30.3 Å². The Labute approximate surface area is 89.3 Å². The lowest BCUT2D eigenvalue weighted by atomic mass is 10.4. The van der Waals surface area contributed by atoms with E-state index in [2.05, 4.69) is 15.9 Å². The number of nitrogens with zero attached hydrogens (tertiary/aromatic N) is 1. The van der Waals surface area contributed by atoms with E-state index in [4.69, 9.17) is 0 Å². The van der Waals surface area contributed by atoms with Gasteiger partial charge in [-0.15, -0.1) is 0 Å². The molecular formula is C8H11BrNO2S-. The summed E-state index contributed by atoms with van der Waals surface area (Å²) in [5.74, 6) is 0. The number of benzene rings is 1. The van der Waals surface area contributed by atoms with Crippen LogP contribution in [0.1, 0.15) is 0 Å². The lowest BCUT2D eigenvalue weighted by Crippen LogP contribution is -2.13. The van der Waals surface area contributed by atoms with Gasteiger partial charge in [-0.05, 0) is 26.2 Å². The first-order valence-corrected chi connectivity index (χ1v) is 5.33. The van der Waals surface area contributed by atoms with Gasteiger partial charge in [0.25, 0.3) is 0 Å².